The van der Waals surface area contributed by atoms with Gasteiger partial charge < -0.3 is 0 Å². The molecular weight excluding hydrogens is 290 g/mol. The average Bonchev–Trinajstić information content (AvgIpc) is 3.35. The number of piperazine rings is 1. The lowest BCUT2D eigenvalue weighted by Gasteiger charge is -2.37. The Balaban J connectivity index is 1.33. The maximum Gasteiger partial charge on any atom is 0.165 e. The molecule has 0 amide bonds. The van der Waals surface area contributed by atoms with Crippen molar-refractivity contribution in [3.63, 3.8) is 0 Å². The lowest BCUT2D eigenvalue weighted by molar-refractivity contribution is 0.0950. The Morgan fingerprint density at radius 3 is 2.74 bits per heavy atom. The van der Waals surface area contributed by atoms with E-state index in [2.05, 4.69) is 43.3 Å². The molecule has 7 heteroatoms. The highest BCUT2D eigenvalue weighted by atomic mass is 15.6. The van der Waals surface area contributed by atoms with Crippen molar-refractivity contribution in [3.8, 4) is 0 Å². The molecule has 0 unspecified atom stereocenters. The SMILES string of the molecule is C[C@@H](c1cccnc1)N1CCN(Cc2nnnn2C2CC2)CC1. The molecule has 23 heavy (non-hydrogen) atoms. The van der Waals surface area contributed by atoms with Crippen LogP contribution in [0.1, 0.15) is 43.2 Å². The van der Waals surface area contributed by atoms with Crippen LogP contribution in [0, 0.1) is 0 Å². The molecule has 2 fully saturated rings. The molecule has 2 aromatic rings. The van der Waals surface area contributed by atoms with Crippen molar-refractivity contribution >= 4 is 0 Å². The van der Waals surface area contributed by atoms with E-state index in [1.165, 1.54) is 18.4 Å². The van der Waals surface area contributed by atoms with E-state index in [1.807, 2.05) is 23.1 Å². The number of aromatic nitrogens is 5. The average molecular weight is 313 g/mol. The molecule has 0 bridgehead atoms. The first-order valence-corrected chi connectivity index (χ1v) is 8.44. The van der Waals surface area contributed by atoms with Gasteiger partial charge in [-0.05, 0) is 41.8 Å². The summed E-state index contributed by atoms with van der Waals surface area (Å²) in [5, 5.41) is 12.2. The van der Waals surface area contributed by atoms with Gasteiger partial charge >= 0.3 is 0 Å². The summed E-state index contributed by atoms with van der Waals surface area (Å²) in [6.07, 6.45) is 6.24. The topological polar surface area (TPSA) is 63.0 Å². The van der Waals surface area contributed by atoms with Crippen molar-refractivity contribution in [1.82, 2.24) is 35.0 Å². The Kier molecular flexibility index (Phi) is 4.05. The Morgan fingerprint density at radius 2 is 2.04 bits per heavy atom. The van der Waals surface area contributed by atoms with Gasteiger partial charge in [0.1, 0.15) is 0 Å². The zero-order valence-corrected chi connectivity index (χ0v) is 13.5. The van der Waals surface area contributed by atoms with Crippen LogP contribution in [-0.2, 0) is 6.54 Å². The van der Waals surface area contributed by atoms with E-state index >= 15 is 0 Å². The van der Waals surface area contributed by atoms with Gasteiger partial charge in [0.15, 0.2) is 5.82 Å². The molecule has 0 spiro atoms. The fourth-order valence-electron chi connectivity index (χ4n) is 3.26. The van der Waals surface area contributed by atoms with Crippen LogP contribution in [0.3, 0.4) is 0 Å². The van der Waals surface area contributed by atoms with Crippen molar-refractivity contribution in [2.24, 2.45) is 0 Å². The number of rotatable bonds is 5. The van der Waals surface area contributed by atoms with Crippen molar-refractivity contribution in [3.05, 3.63) is 35.9 Å². The van der Waals surface area contributed by atoms with Crippen LogP contribution >= 0.6 is 0 Å². The van der Waals surface area contributed by atoms with Crippen LogP contribution in [0.25, 0.3) is 0 Å². The zero-order chi connectivity index (χ0) is 15.6. The molecule has 1 saturated carbocycles. The second-order valence-electron chi connectivity index (χ2n) is 6.55. The smallest absolute Gasteiger partial charge is 0.165 e. The molecule has 4 rings (SSSR count). The normalized spacial score (nSPS) is 21.4. The Morgan fingerprint density at radius 1 is 1.22 bits per heavy atom. The Bertz CT molecular complexity index is 629. The van der Waals surface area contributed by atoms with Gasteiger partial charge in [-0.2, -0.15) is 0 Å². The van der Waals surface area contributed by atoms with Crippen LogP contribution in [0.4, 0.5) is 0 Å². The van der Waals surface area contributed by atoms with Gasteiger partial charge in [0.05, 0.1) is 12.6 Å². The molecule has 2 aliphatic rings. The molecule has 1 aliphatic carbocycles. The fraction of sp³-hybridized carbons (Fsp3) is 0.625. The molecular formula is C16H23N7. The van der Waals surface area contributed by atoms with Crippen LogP contribution in [0.15, 0.2) is 24.5 Å². The third-order valence-electron chi connectivity index (χ3n) is 4.94. The molecule has 0 aromatic carbocycles. The summed E-state index contributed by atoms with van der Waals surface area (Å²) < 4.78 is 2.02. The number of nitrogens with zero attached hydrogens (tertiary/aromatic N) is 7. The van der Waals surface area contributed by atoms with E-state index < -0.39 is 0 Å². The third kappa shape index (κ3) is 3.25. The maximum atomic E-state index is 4.24. The largest absolute Gasteiger partial charge is 0.294 e. The van der Waals surface area contributed by atoms with E-state index in [0.29, 0.717) is 12.1 Å². The standard InChI is InChI=1S/C16H23N7/c1-13(14-3-2-6-17-11-14)22-9-7-21(8-10-22)12-16-18-19-20-23(16)15-4-5-15/h2-3,6,11,13,15H,4-5,7-10,12H2,1H3/t13-/m0/s1. The van der Waals surface area contributed by atoms with Crippen LogP contribution in [0.2, 0.25) is 0 Å². The lowest BCUT2D eigenvalue weighted by atomic mass is 10.1. The highest BCUT2D eigenvalue weighted by Gasteiger charge is 2.29. The summed E-state index contributed by atoms with van der Waals surface area (Å²) in [4.78, 5) is 9.22. The summed E-state index contributed by atoms with van der Waals surface area (Å²) in [7, 11) is 0. The first-order valence-electron chi connectivity index (χ1n) is 8.44. The lowest BCUT2D eigenvalue weighted by Crippen LogP contribution is -2.46. The molecule has 1 aliphatic heterocycles. The molecule has 1 atom stereocenters. The van der Waals surface area contributed by atoms with E-state index in [1.54, 1.807) is 0 Å². The van der Waals surface area contributed by atoms with Gasteiger partial charge in [-0.15, -0.1) is 5.10 Å². The first kappa shape index (κ1) is 14.7. The summed E-state index contributed by atoms with van der Waals surface area (Å²) in [6.45, 7) is 7.38. The molecule has 7 nitrogen and oxygen atoms in total. The summed E-state index contributed by atoms with van der Waals surface area (Å²) >= 11 is 0. The first-order chi connectivity index (χ1) is 11.3. The second kappa shape index (κ2) is 6.33. The molecule has 3 heterocycles. The van der Waals surface area contributed by atoms with Gasteiger partial charge in [0.25, 0.3) is 0 Å². The fourth-order valence-corrected chi connectivity index (χ4v) is 3.26. The summed E-state index contributed by atoms with van der Waals surface area (Å²) in [5.74, 6) is 1.02. The zero-order valence-electron chi connectivity index (χ0n) is 13.5. The molecule has 0 N–H and O–H groups in total. The molecule has 1 saturated heterocycles. The summed E-state index contributed by atoms with van der Waals surface area (Å²) in [6, 6.07) is 5.14. The number of hydrogen-bond donors (Lipinski definition) is 0. The van der Waals surface area contributed by atoms with Gasteiger partial charge in [-0.1, -0.05) is 6.07 Å². The van der Waals surface area contributed by atoms with E-state index in [4.69, 9.17) is 0 Å². The van der Waals surface area contributed by atoms with Crippen molar-refractivity contribution in [1.29, 1.82) is 0 Å². The van der Waals surface area contributed by atoms with Gasteiger partial charge in [0.2, 0.25) is 0 Å². The third-order valence-corrected chi connectivity index (χ3v) is 4.94. The Hall–Kier alpha value is -1.86. The Labute approximate surface area is 136 Å². The van der Waals surface area contributed by atoms with Gasteiger partial charge in [0, 0.05) is 44.6 Å². The number of tetrazole rings is 1. The van der Waals surface area contributed by atoms with Gasteiger partial charge in [-0.25, -0.2) is 4.68 Å². The van der Waals surface area contributed by atoms with Crippen LogP contribution < -0.4 is 0 Å². The predicted octanol–water partition coefficient (Wildman–Crippen LogP) is 1.28. The number of hydrogen-bond acceptors (Lipinski definition) is 6. The number of pyridine rings is 1. The minimum atomic E-state index is 0.419. The predicted molar refractivity (Wildman–Crippen MR) is 85.6 cm³/mol. The molecule has 0 radical (unpaired) electrons. The quantitative estimate of drug-likeness (QED) is 0.829. The van der Waals surface area contributed by atoms with Crippen LogP contribution in [-0.4, -0.2) is 61.2 Å². The second-order valence-corrected chi connectivity index (χ2v) is 6.55. The van der Waals surface area contributed by atoms with E-state index in [0.717, 1.165) is 38.5 Å². The van der Waals surface area contributed by atoms with Crippen LogP contribution in [0.5, 0.6) is 0 Å². The maximum absolute atomic E-state index is 4.24. The highest BCUT2D eigenvalue weighted by molar-refractivity contribution is 5.13. The van der Waals surface area contributed by atoms with Crippen molar-refractivity contribution < 1.29 is 0 Å². The minimum Gasteiger partial charge on any atom is -0.294 e. The summed E-state index contributed by atoms with van der Waals surface area (Å²) in [5.41, 5.74) is 1.29. The van der Waals surface area contributed by atoms with Crippen molar-refractivity contribution in [2.45, 2.75) is 38.4 Å². The van der Waals surface area contributed by atoms with Crippen molar-refractivity contribution in [2.75, 3.05) is 26.2 Å². The monoisotopic (exact) mass is 313 g/mol. The van der Waals surface area contributed by atoms with E-state index in [-0.39, 0.29) is 0 Å². The highest BCUT2D eigenvalue weighted by Crippen LogP contribution is 2.34. The van der Waals surface area contributed by atoms with Gasteiger partial charge in [-0.3, -0.25) is 14.8 Å². The minimum absolute atomic E-state index is 0.419. The molecule has 122 valence electrons. The van der Waals surface area contributed by atoms with E-state index in [9.17, 15) is 0 Å². The molecule has 2 aromatic heterocycles.